The van der Waals surface area contributed by atoms with Gasteiger partial charge in [-0.1, -0.05) is 24.3 Å². The molecule has 0 saturated carbocycles. The highest BCUT2D eigenvalue weighted by Crippen LogP contribution is 2.27. The first kappa shape index (κ1) is 12.6. The fourth-order valence-electron chi connectivity index (χ4n) is 1.72. The van der Waals surface area contributed by atoms with Gasteiger partial charge < -0.3 is 10.4 Å². The monoisotopic (exact) mass is 262 g/mol. The number of hydrogen-bond acceptors (Lipinski definition) is 3. The molecule has 1 amide bonds. The fourth-order valence-corrected chi connectivity index (χ4v) is 2.53. The quantitative estimate of drug-likeness (QED) is 0.890. The third kappa shape index (κ3) is 3.07. The molecule has 1 aromatic carbocycles. The van der Waals surface area contributed by atoms with Crippen LogP contribution in [-0.4, -0.2) is 22.7 Å². The number of nitrogens with zero attached hydrogens (tertiary/aromatic N) is 1. The van der Waals surface area contributed by atoms with Gasteiger partial charge in [-0.05, 0) is 24.5 Å². The number of thiazole rings is 1. The Hall–Kier alpha value is -1.88. The molecule has 1 heterocycles. The third-order valence-corrected chi connectivity index (χ3v) is 3.63. The second kappa shape index (κ2) is 5.64. The van der Waals surface area contributed by atoms with E-state index in [9.17, 15) is 4.79 Å². The summed E-state index contributed by atoms with van der Waals surface area (Å²) in [6.07, 6.45) is -0.277. The number of amides is 1. The molecule has 0 aliphatic carbocycles. The molecule has 5 heteroatoms. The minimum atomic E-state index is -0.980. The molecule has 2 aromatic rings. The Kier molecular flexibility index (Phi) is 3.94. The average molecular weight is 262 g/mol. The Balaban J connectivity index is 2.02. The van der Waals surface area contributed by atoms with E-state index in [1.54, 1.807) is 11.3 Å². The Morgan fingerprint density at radius 1 is 1.39 bits per heavy atom. The Bertz CT molecular complexity index is 534. The number of carbonyl (C=O) groups is 1. The molecule has 0 aliphatic rings. The highest BCUT2D eigenvalue weighted by atomic mass is 32.1. The van der Waals surface area contributed by atoms with Crippen molar-refractivity contribution in [2.24, 2.45) is 0 Å². The molecule has 0 radical (unpaired) electrons. The van der Waals surface area contributed by atoms with Crippen molar-refractivity contribution in [2.45, 2.75) is 13.3 Å². The van der Waals surface area contributed by atoms with Crippen molar-refractivity contribution in [1.82, 2.24) is 10.3 Å². The van der Waals surface area contributed by atoms with Crippen LogP contribution >= 0.6 is 11.3 Å². The lowest BCUT2D eigenvalue weighted by Gasteiger charge is -2.03. The van der Waals surface area contributed by atoms with Crippen molar-refractivity contribution in [2.75, 3.05) is 6.54 Å². The Morgan fingerprint density at radius 3 is 2.67 bits per heavy atom. The fraction of sp³-hybridized carbons (Fsp3) is 0.231. The van der Waals surface area contributed by atoms with Crippen molar-refractivity contribution in [3.8, 4) is 10.4 Å². The molecule has 0 spiro atoms. The van der Waals surface area contributed by atoms with Crippen molar-refractivity contribution >= 4 is 17.4 Å². The molecule has 18 heavy (non-hydrogen) atoms. The van der Waals surface area contributed by atoms with Gasteiger partial charge in [0, 0.05) is 6.54 Å². The maximum Gasteiger partial charge on any atom is 0.404 e. The number of carboxylic acid groups (broad SMARTS) is 1. The maximum absolute atomic E-state index is 10.3. The minimum Gasteiger partial charge on any atom is -0.465 e. The highest BCUT2D eigenvalue weighted by Gasteiger charge is 2.04. The summed E-state index contributed by atoms with van der Waals surface area (Å²) in [6.45, 7) is 2.44. The molecule has 0 atom stereocenters. The first-order valence-corrected chi connectivity index (χ1v) is 6.51. The summed E-state index contributed by atoms with van der Waals surface area (Å²) in [4.78, 5) is 15.7. The number of benzene rings is 1. The zero-order chi connectivity index (χ0) is 13.0. The Morgan fingerprint density at radius 2 is 2.11 bits per heavy atom. The van der Waals surface area contributed by atoms with Crippen LogP contribution in [0.5, 0.6) is 0 Å². The van der Waals surface area contributed by atoms with E-state index >= 15 is 0 Å². The van der Waals surface area contributed by atoms with E-state index in [-0.39, 0.29) is 0 Å². The van der Waals surface area contributed by atoms with Crippen molar-refractivity contribution < 1.29 is 9.90 Å². The van der Waals surface area contributed by atoms with Crippen LogP contribution in [0.4, 0.5) is 4.79 Å². The largest absolute Gasteiger partial charge is 0.465 e. The van der Waals surface area contributed by atoms with E-state index in [0.717, 1.165) is 16.8 Å². The minimum absolute atomic E-state index is 0.439. The van der Waals surface area contributed by atoms with E-state index in [0.29, 0.717) is 13.0 Å². The summed E-state index contributed by atoms with van der Waals surface area (Å²) in [5.74, 6) is 0. The van der Waals surface area contributed by atoms with Crippen LogP contribution in [0, 0.1) is 6.92 Å². The Labute approximate surface area is 109 Å². The van der Waals surface area contributed by atoms with Crippen LogP contribution < -0.4 is 5.32 Å². The predicted molar refractivity (Wildman–Crippen MR) is 72.0 cm³/mol. The van der Waals surface area contributed by atoms with Gasteiger partial charge in [0.15, 0.2) is 0 Å². The summed E-state index contributed by atoms with van der Waals surface area (Å²) in [7, 11) is 0. The molecule has 0 unspecified atom stereocenters. The molecule has 1 aromatic heterocycles. The second-order valence-corrected chi connectivity index (χ2v) is 4.80. The zero-order valence-electron chi connectivity index (χ0n) is 10.0. The van der Waals surface area contributed by atoms with Gasteiger partial charge in [-0.25, -0.2) is 9.78 Å². The molecular weight excluding hydrogens is 248 g/mol. The molecule has 2 N–H and O–H groups in total. The van der Waals surface area contributed by atoms with Gasteiger partial charge in [0.25, 0.3) is 0 Å². The summed E-state index contributed by atoms with van der Waals surface area (Å²) < 4.78 is 0. The first-order valence-electron chi connectivity index (χ1n) is 5.63. The molecular formula is C13H14N2O2S. The van der Waals surface area contributed by atoms with E-state index in [4.69, 9.17) is 5.11 Å². The second-order valence-electron chi connectivity index (χ2n) is 3.95. The predicted octanol–water partition coefficient (Wildman–Crippen LogP) is 2.93. The van der Waals surface area contributed by atoms with Gasteiger partial charge in [-0.2, -0.15) is 0 Å². The topological polar surface area (TPSA) is 62.2 Å². The molecule has 4 nitrogen and oxygen atoms in total. The summed E-state index contributed by atoms with van der Waals surface area (Å²) >= 11 is 1.63. The third-order valence-electron chi connectivity index (χ3n) is 2.65. The van der Waals surface area contributed by atoms with Crippen LogP contribution in [0.2, 0.25) is 0 Å². The normalized spacial score (nSPS) is 10.3. The summed E-state index contributed by atoms with van der Waals surface area (Å²) in [5.41, 5.74) is 5.16. The molecule has 2 rings (SSSR count). The number of hydrogen-bond donors (Lipinski definition) is 2. The van der Waals surface area contributed by atoms with Crippen LogP contribution in [0.25, 0.3) is 10.4 Å². The number of nitrogens with one attached hydrogen (secondary N) is 1. The lowest BCUT2D eigenvalue weighted by Crippen LogP contribution is -2.23. The van der Waals surface area contributed by atoms with E-state index in [1.165, 1.54) is 4.88 Å². The van der Waals surface area contributed by atoms with E-state index < -0.39 is 6.09 Å². The smallest absolute Gasteiger partial charge is 0.404 e. The molecule has 94 valence electrons. The van der Waals surface area contributed by atoms with Crippen molar-refractivity contribution in [1.29, 1.82) is 0 Å². The number of aromatic nitrogens is 1. The van der Waals surface area contributed by atoms with Crippen LogP contribution in [0.3, 0.4) is 0 Å². The molecule has 0 fully saturated rings. The van der Waals surface area contributed by atoms with E-state index in [2.05, 4.69) is 22.4 Å². The van der Waals surface area contributed by atoms with Gasteiger partial charge in [0.05, 0.1) is 16.1 Å². The average Bonchev–Trinajstić information content (AvgIpc) is 2.76. The van der Waals surface area contributed by atoms with Gasteiger partial charge >= 0.3 is 6.09 Å². The zero-order valence-corrected chi connectivity index (χ0v) is 10.8. The van der Waals surface area contributed by atoms with Gasteiger partial charge in [-0.3, -0.25) is 0 Å². The lowest BCUT2D eigenvalue weighted by atomic mass is 10.1. The van der Waals surface area contributed by atoms with Crippen LogP contribution in [0.1, 0.15) is 11.3 Å². The molecule has 0 saturated heterocycles. The number of rotatable bonds is 4. The van der Waals surface area contributed by atoms with Gasteiger partial charge in [0.1, 0.15) is 0 Å². The summed E-state index contributed by atoms with van der Waals surface area (Å²) in [6, 6.07) is 8.16. The number of aryl methyl sites for hydroxylation is 1. The van der Waals surface area contributed by atoms with E-state index in [1.807, 2.05) is 24.6 Å². The van der Waals surface area contributed by atoms with Crippen molar-refractivity contribution in [3.63, 3.8) is 0 Å². The van der Waals surface area contributed by atoms with Gasteiger partial charge in [0.2, 0.25) is 0 Å². The van der Waals surface area contributed by atoms with Crippen LogP contribution in [-0.2, 0) is 6.42 Å². The molecule has 0 aliphatic heterocycles. The van der Waals surface area contributed by atoms with Gasteiger partial charge in [-0.15, -0.1) is 11.3 Å². The SMILES string of the molecule is Cc1ncsc1-c1ccc(CCNC(=O)O)cc1. The summed E-state index contributed by atoms with van der Waals surface area (Å²) in [5, 5.41) is 10.8. The van der Waals surface area contributed by atoms with Crippen LogP contribution in [0.15, 0.2) is 29.8 Å². The lowest BCUT2D eigenvalue weighted by molar-refractivity contribution is 0.194. The maximum atomic E-state index is 10.3. The first-order chi connectivity index (χ1) is 8.66. The standard InChI is InChI=1S/C13H14N2O2S/c1-9-12(18-8-15-9)11-4-2-10(3-5-11)6-7-14-13(16)17/h2-5,8,14H,6-7H2,1H3,(H,16,17). The highest BCUT2D eigenvalue weighted by molar-refractivity contribution is 7.13. The van der Waals surface area contributed by atoms with Crippen molar-refractivity contribution in [3.05, 3.63) is 41.0 Å². The molecule has 0 bridgehead atoms.